The standard InChI is InChI=1S/C19H20ClN7O/c1-14-22-17(12-18(23-14)27-6-5-21-13-27)25-7-9-26(10-8-25)19(28)24-16-4-2-3-15(20)11-16/h2-6,11-13H,7-10H2,1H3,(H,24,28). The number of aryl methyl sites for hydroxylation is 1. The number of rotatable bonds is 3. The summed E-state index contributed by atoms with van der Waals surface area (Å²) >= 11 is 5.97. The highest BCUT2D eigenvalue weighted by molar-refractivity contribution is 6.30. The SMILES string of the molecule is Cc1nc(N2CCN(C(=O)Nc3cccc(Cl)c3)CC2)cc(-n2ccnc2)n1. The predicted molar refractivity (Wildman–Crippen MR) is 108 cm³/mol. The summed E-state index contributed by atoms with van der Waals surface area (Å²) in [5.41, 5.74) is 0.691. The fourth-order valence-corrected chi connectivity index (χ4v) is 3.32. The summed E-state index contributed by atoms with van der Waals surface area (Å²) in [6.07, 6.45) is 5.28. The van der Waals surface area contributed by atoms with Crippen molar-refractivity contribution in [3.8, 4) is 5.82 Å². The van der Waals surface area contributed by atoms with E-state index in [1.807, 2.05) is 35.9 Å². The van der Waals surface area contributed by atoms with Crippen LogP contribution in [0.4, 0.5) is 16.3 Å². The van der Waals surface area contributed by atoms with Crippen LogP contribution in [-0.4, -0.2) is 56.6 Å². The van der Waals surface area contributed by atoms with Gasteiger partial charge in [-0.1, -0.05) is 17.7 Å². The third-order valence-corrected chi connectivity index (χ3v) is 4.78. The predicted octanol–water partition coefficient (Wildman–Crippen LogP) is 2.98. The number of hydrogen-bond acceptors (Lipinski definition) is 5. The van der Waals surface area contributed by atoms with E-state index in [0.29, 0.717) is 42.7 Å². The van der Waals surface area contributed by atoms with E-state index < -0.39 is 0 Å². The fraction of sp³-hybridized carbons (Fsp3) is 0.263. The smallest absolute Gasteiger partial charge is 0.321 e. The number of imidazole rings is 1. The molecule has 1 fully saturated rings. The third kappa shape index (κ3) is 4.07. The van der Waals surface area contributed by atoms with E-state index in [1.165, 1.54) is 0 Å². The molecule has 2 amide bonds. The molecule has 9 heteroatoms. The number of carbonyl (C=O) groups is 1. The lowest BCUT2D eigenvalue weighted by Gasteiger charge is -2.35. The molecule has 0 saturated carbocycles. The number of piperazine rings is 1. The number of hydrogen-bond donors (Lipinski definition) is 1. The molecular formula is C19H20ClN7O. The van der Waals surface area contributed by atoms with E-state index in [1.54, 1.807) is 29.6 Å². The number of anilines is 2. The Kier molecular flexibility index (Phi) is 5.12. The molecule has 1 saturated heterocycles. The fourth-order valence-electron chi connectivity index (χ4n) is 3.13. The molecule has 0 radical (unpaired) electrons. The second-order valence-electron chi connectivity index (χ2n) is 6.52. The van der Waals surface area contributed by atoms with Gasteiger partial charge in [-0.15, -0.1) is 0 Å². The number of aromatic nitrogens is 4. The van der Waals surface area contributed by atoms with Crippen LogP contribution in [0.3, 0.4) is 0 Å². The van der Waals surface area contributed by atoms with E-state index in [2.05, 4.69) is 25.2 Å². The Morgan fingerprint density at radius 3 is 2.61 bits per heavy atom. The summed E-state index contributed by atoms with van der Waals surface area (Å²) in [7, 11) is 0. The lowest BCUT2D eigenvalue weighted by Crippen LogP contribution is -2.50. The van der Waals surface area contributed by atoms with Crippen molar-refractivity contribution in [2.45, 2.75) is 6.92 Å². The molecule has 3 aromatic rings. The number of urea groups is 1. The molecule has 4 rings (SSSR count). The van der Waals surface area contributed by atoms with Gasteiger partial charge in [-0.2, -0.15) is 0 Å². The van der Waals surface area contributed by atoms with Gasteiger partial charge < -0.3 is 15.1 Å². The van der Waals surface area contributed by atoms with E-state index in [9.17, 15) is 4.79 Å². The Morgan fingerprint density at radius 2 is 1.89 bits per heavy atom. The summed E-state index contributed by atoms with van der Waals surface area (Å²) in [6, 6.07) is 8.96. The van der Waals surface area contributed by atoms with E-state index in [4.69, 9.17) is 11.6 Å². The second-order valence-corrected chi connectivity index (χ2v) is 6.95. The minimum Gasteiger partial charge on any atom is -0.353 e. The van der Waals surface area contributed by atoms with Gasteiger partial charge in [0.1, 0.15) is 23.8 Å². The average molecular weight is 398 g/mol. The molecule has 144 valence electrons. The molecule has 0 unspecified atom stereocenters. The molecule has 2 aromatic heterocycles. The van der Waals surface area contributed by atoms with Gasteiger partial charge in [0.05, 0.1) is 0 Å². The lowest BCUT2D eigenvalue weighted by atomic mass is 10.3. The Labute approximate surface area is 167 Å². The molecule has 28 heavy (non-hydrogen) atoms. The molecule has 1 N–H and O–H groups in total. The molecule has 0 aliphatic carbocycles. The number of amides is 2. The van der Waals surface area contributed by atoms with Gasteiger partial charge >= 0.3 is 6.03 Å². The first-order chi connectivity index (χ1) is 13.6. The van der Waals surface area contributed by atoms with Crippen molar-refractivity contribution in [2.75, 3.05) is 36.4 Å². The van der Waals surface area contributed by atoms with Crippen LogP contribution in [0.2, 0.25) is 5.02 Å². The first-order valence-corrected chi connectivity index (χ1v) is 9.37. The number of carbonyl (C=O) groups excluding carboxylic acids is 1. The van der Waals surface area contributed by atoms with Gasteiger partial charge in [-0.3, -0.25) is 4.57 Å². The summed E-state index contributed by atoms with van der Waals surface area (Å²) in [5, 5.41) is 3.48. The zero-order valence-electron chi connectivity index (χ0n) is 15.4. The lowest BCUT2D eigenvalue weighted by molar-refractivity contribution is 0.208. The van der Waals surface area contributed by atoms with Crippen LogP contribution in [0, 0.1) is 6.92 Å². The average Bonchev–Trinajstić information content (AvgIpc) is 3.22. The van der Waals surface area contributed by atoms with E-state index in [0.717, 1.165) is 11.6 Å². The Balaban J connectivity index is 1.41. The van der Waals surface area contributed by atoms with Crippen molar-refractivity contribution >= 4 is 29.1 Å². The van der Waals surface area contributed by atoms with Crippen LogP contribution in [-0.2, 0) is 0 Å². The molecule has 1 aliphatic heterocycles. The van der Waals surface area contributed by atoms with Gasteiger partial charge in [0.15, 0.2) is 0 Å². The summed E-state index contributed by atoms with van der Waals surface area (Å²) in [4.78, 5) is 29.6. The van der Waals surface area contributed by atoms with Crippen molar-refractivity contribution < 1.29 is 4.79 Å². The topological polar surface area (TPSA) is 79.2 Å². The highest BCUT2D eigenvalue weighted by Gasteiger charge is 2.22. The van der Waals surface area contributed by atoms with Crippen molar-refractivity contribution in [2.24, 2.45) is 0 Å². The highest BCUT2D eigenvalue weighted by Crippen LogP contribution is 2.19. The zero-order valence-corrected chi connectivity index (χ0v) is 16.2. The van der Waals surface area contributed by atoms with Crippen LogP contribution in [0.1, 0.15) is 5.82 Å². The third-order valence-electron chi connectivity index (χ3n) is 4.55. The Hall–Kier alpha value is -3.13. The van der Waals surface area contributed by atoms with Crippen LogP contribution >= 0.6 is 11.6 Å². The monoisotopic (exact) mass is 397 g/mol. The minimum absolute atomic E-state index is 0.125. The number of nitrogens with one attached hydrogen (secondary N) is 1. The zero-order chi connectivity index (χ0) is 19.5. The highest BCUT2D eigenvalue weighted by atomic mass is 35.5. The van der Waals surface area contributed by atoms with E-state index >= 15 is 0 Å². The van der Waals surface area contributed by atoms with Crippen molar-refractivity contribution in [1.82, 2.24) is 24.4 Å². The van der Waals surface area contributed by atoms with Crippen molar-refractivity contribution in [3.63, 3.8) is 0 Å². The minimum atomic E-state index is -0.125. The summed E-state index contributed by atoms with van der Waals surface area (Å²) in [6.45, 7) is 4.48. The molecule has 0 spiro atoms. The molecule has 1 aromatic carbocycles. The second kappa shape index (κ2) is 7.85. The largest absolute Gasteiger partial charge is 0.353 e. The van der Waals surface area contributed by atoms with Crippen LogP contribution in [0.15, 0.2) is 49.1 Å². The molecule has 8 nitrogen and oxygen atoms in total. The maximum absolute atomic E-state index is 12.5. The molecule has 3 heterocycles. The molecule has 0 bridgehead atoms. The van der Waals surface area contributed by atoms with E-state index in [-0.39, 0.29) is 6.03 Å². The molecule has 0 atom stereocenters. The first kappa shape index (κ1) is 18.2. The maximum Gasteiger partial charge on any atom is 0.321 e. The molecule has 1 aliphatic rings. The number of nitrogens with zero attached hydrogens (tertiary/aromatic N) is 6. The summed E-state index contributed by atoms with van der Waals surface area (Å²) < 4.78 is 1.85. The van der Waals surface area contributed by atoms with Crippen molar-refractivity contribution in [1.29, 1.82) is 0 Å². The first-order valence-electron chi connectivity index (χ1n) is 8.99. The number of benzene rings is 1. The van der Waals surface area contributed by atoms with Gasteiger partial charge in [0.2, 0.25) is 0 Å². The Bertz CT molecular complexity index is 968. The van der Waals surface area contributed by atoms with Gasteiger partial charge in [-0.05, 0) is 25.1 Å². The van der Waals surface area contributed by atoms with Crippen LogP contribution in [0.5, 0.6) is 0 Å². The van der Waals surface area contributed by atoms with Crippen molar-refractivity contribution in [3.05, 3.63) is 59.9 Å². The number of halogens is 1. The normalized spacial score (nSPS) is 14.2. The summed E-state index contributed by atoms with van der Waals surface area (Å²) in [5.74, 6) is 2.33. The van der Waals surface area contributed by atoms with Crippen LogP contribution in [0.25, 0.3) is 5.82 Å². The quantitative estimate of drug-likeness (QED) is 0.735. The van der Waals surface area contributed by atoms with Gasteiger partial charge in [0, 0.05) is 55.3 Å². The molecular weight excluding hydrogens is 378 g/mol. The Morgan fingerprint density at radius 1 is 1.11 bits per heavy atom. The van der Waals surface area contributed by atoms with Crippen LogP contribution < -0.4 is 10.2 Å². The maximum atomic E-state index is 12.5. The van der Waals surface area contributed by atoms with Gasteiger partial charge in [-0.25, -0.2) is 19.7 Å². The van der Waals surface area contributed by atoms with Gasteiger partial charge in [0.25, 0.3) is 0 Å².